The van der Waals surface area contributed by atoms with Gasteiger partial charge >= 0.3 is 0 Å². The standard InChI is InChI=1S/C20H25N3O2/c1-3-17-15-22(20(25)18-10-7-12-21(18)2)13-11-19(24)23(17)14-16-8-5-4-6-9-16/h4-10,12,17H,3,11,13-15H2,1-2H3/t17-/m0/s1. The molecule has 0 unspecified atom stereocenters. The molecule has 5 heteroatoms. The van der Waals surface area contributed by atoms with Crippen LogP contribution in [0.2, 0.25) is 0 Å². The van der Waals surface area contributed by atoms with Crippen LogP contribution in [-0.4, -0.2) is 45.3 Å². The first-order valence-electron chi connectivity index (χ1n) is 8.84. The minimum atomic E-state index is 0.000288. The maximum atomic E-state index is 12.8. The topological polar surface area (TPSA) is 45.6 Å². The maximum Gasteiger partial charge on any atom is 0.270 e. The number of carbonyl (C=O) groups excluding carboxylic acids is 2. The third-order valence-corrected chi connectivity index (χ3v) is 4.90. The van der Waals surface area contributed by atoms with Gasteiger partial charge in [-0.25, -0.2) is 0 Å². The first-order chi connectivity index (χ1) is 12.1. The van der Waals surface area contributed by atoms with Gasteiger partial charge in [0.1, 0.15) is 5.69 Å². The summed E-state index contributed by atoms with van der Waals surface area (Å²) < 4.78 is 1.83. The molecule has 0 spiro atoms. The maximum absolute atomic E-state index is 12.8. The first kappa shape index (κ1) is 17.3. The highest BCUT2D eigenvalue weighted by Gasteiger charge is 2.31. The minimum absolute atomic E-state index is 0.000288. The van der Waals surface area contributed by atoms with Crippen LogP contribution in [-0.2, 0) is 18.4 Å². The van der Waals surface area contributed by atoms with E-state index in [1.54, 1.807) is 0 Å². The summed E-state index contributed by atoms with van der Waals surface area (Å²) >= 11 is 0. The molecule has 0 bridgehead atoms. The zero-order valence-corrected chi connectivity index (χ0v) is 14.9. The Kier molecular flexibility index (Phi) is 5.22. The number of aryl methyl sites for hydroxylation is 1. The summed E-state index contributed by atoms with van der Waals surface area (Å²) in [5.74, 6) is 0.123. The highest BCUT2D eigenvalue weighted by molar-refractivity contribution is 5.93. The lowest BCUT2D eigenvalue weighted by Crippen LogP contribution is -2.44. The van der Waals surface area contributed by atoms with Crippen LogP contribution in [0, 0.1) is 0 Å². The van der Waals surface area contributed by atoms with E-state index in [0.717, 1.165) is 12.0 Å². The Morgan fingerprint density at radius 2 is 1.92 bits per heavy atom. The smallest absolute Gasteiger partial charge is 0.270 e. The predicted molar refractivity (Wildman–Crippen MR) is 97.0 cm³/mol. The van der Waals surface area contributed by atoms with Crippen molar-refractivity contribution >= 4 is 11.8 Å². The van der Waals surface area contributed by atoms with Gasteiger partial charge in [-0.05, 0) is 24.1 Å². The molecule has 0 saturated carbocycles. The molecule has 3 rings (SSSR count). The monoisotopic (exact) mass is 339 g/mol. The molecule has 2 heterocycles. The Balaban J connectivity index is 1.79. The third kappa shape index (κ3) is 3.76. The minimum Gasteiger partial charge on any atom is -0.347 e. The number of hydrogen-bond donors (Lipinski definition) is 0. The van der Waals surface area contributed by atoms with E-state index in [9.17, 15) is 9.59 Å². The third-order valence-electron chi connectivity index (χ3n) is 4.90. The summed E-state index contributed by atoms with van der Waals surface area (Å²) in [5, 5.41) is 0. The molecule has 132 valence electrons. The number of hydrogen-bond acceptors (Lipinski definition) is 2. The van der Waals surface area contributed by atoms with Crippen LogP contribution in [0.15, 0.2) is 48.7 Å². The van der Waals surface area contributed by atoms with Gasteiger partial charge in [0.05, 0.1) is 0 Å². The van der Waals surface area contributed by atoms with E-state index >= 15 is 0 Å². The molecule has 1 atom stereocenters. The molecule has 1 aliphatic heterocycles. The number of amides is 2. The number of rotatable bonds is 4. The molecule has 0 N–H and O–H groups in total. The lowest BCUT2D eigenvalue weighted by atomic mass is 10.1. The molecule has 1 aromatic carbocycles. The van der Waals surface area contributed by atoms with Crippen molar-refractivity contribution in [3.05, 3.63) is 59.9 Å². The Labute approximate surface area is 148 Å². The highest BCUT2D eigenvalue weighted by atomic mass is 16.2. The van der Waals surface area contributed by atoms with E-state index in [2.05, 4.69) is 6.92 Å². The largest absolute Gasteiger partial charge is 0.347 e. The van der Waals surface area contributed by atoms with Crippen LogP contribution in [0.5, 0.6) is 0 Å². The van der Waals surface area contributed by atoms with Gasteiger partial charge in [0.25, 0.3) is 5.91 Å². The van der Waals surface area contributed by atoms with E-state index in [0.29, 0.717) is 31.7 Å². The van der Waals surface area contributed by atoms with E-state index in [1.165, 1.54) is 0 Å². The summed E-state index contributed by atoms with van der Waals surface area (Å²) in [5.41, 5.74) is 1.79. The van der Waals surface area contributed by atoms with Gasteiger partial charge in [0.15, 0.2) is 0 Å². The van der Waals surface area contributed by atoms with Gasteiger partial charge in [-0.3, -0.25) is 9.59 Å². The van der Waals surface area contributed by atoms with Crippen LogP contribution in [0.1, 0.15) is 35.8 Å². The Morgan fingerprint density at radius 1 is 1.16 bits per heavy atom. The molecule has 2 aromatic rings. The normalized spacial score (nSPS) is 18.3. The fraction of sp³-hybridized carbons (Fsp3) is 0.400. The van der Waals surface area contributed by atoms with Crippen molar-refractivity contribution in [2.75, 3.05) is 13.1 Å². The van der Waals surface area contributed by atoms with Crippen molar-refractivity contribution in [1.82, 2.24) is 14.4 Å². The van der Waals surface area contributed by atoms with E-state index in [1.807, 2.05) is 70.1 Å². The molecule has 25 heavy (non-hydrogen) atoms. The SMILES string of the molecule is CC[C@H]1CN(C(=O)c2cccn2C)CCC(=O)N1Cc1ccccc1. The Morgan fingerprint density at radius 3 is 2.56 bits per heavy atom. The van der Waals surface area contributed by atoms with Gasteiger partial charge in [-0.2, -0.15) is 0 Å². The van der Waals surface area contributed by atoms with Gasteiger partial charge < -0.3 is 14.4 Å². The lowest BCUT2D eigenvalue weighted by molar-refractivity contribution is -0.133. The second kappa shape index (κ2) is 7.55. The number of aromatic nitrogens is 1. The zero-order chi connectivity index (χ0) is 17.8. The van der Waals surface area contributed by atoms with Crippen LogP contribution < -0.4 is 0 Å². The fourth-order valence-corrected chi connectivity index (χ4v) is 3.40. The molecule has 0 aliphatic carbocycles. The molecular formula is C20H25N3O2. The van der Waals surface area contributed by atoms with Crippen LogP contribution in [0.25, 0.3) is 0 Å². The second-order valence-electron chi connectivity index (χ2n) is 6.57. The number of carbonyl (C=O) groups is 2. The van der Waals surface area contributed by atoms with Crippen molar-refractivity contribution in [1.29, 1.82) is 0 Å². The van der Waals surface area contributed by atoms with Crippen molar-refractivity contribution in [3.8, 4) is 0 Å². The van der Waals surface area contributed by atoms with Crippen molar-refractivity contribution in [2.45, 2.75) is 32.4 Å². The Hall–Kier alpha value is -2.56. The predicted octanol–water partition coefficient (Wildman–Crippen LogP) is 2.68. The summed E-state index contributed by atoms with van der Waals surface area (Å²) in [6, 6.07) is 13.8. The average molecular weight is 339 g/mol. The molecule has 1 aromatic heterocycles. The lowest BCUT2D eigenvalue weighted by Gasteiger charge is -2.31. The van der Waals surface area contributed by atoms with Gasteiger partial charge in [-0.1, -0.05) is 37.3 Å². The Bertz CT molecular complexity index is 738. The molecule has 2 amide bonds. The molecular weight excluding hydrogens is 314 g/mol. The number of nitrogens with zero attached hydrogens (tertiary/aromatic N) is 3. The average Bonchev–Trinajstić information content (AvgIpc) is 2.99. The summed E-state index contributed by atoms with van der Waals surface area (Å²) in [7, 11) is 1.87. The van der Waals surface area contributed by atoms with Crippen molar-refractivity contribution in [3.63, 3.8) is 0 Å². The number of benzene rings is 1. The van der Waals surface area contributed by atoms with Gasteiger partial charge in [-0.15, -0.1) is 0 Å². The molecule has 1 fully saturated rings. The van der Waals surface area contributed by atoms with E-state index in [4.69, 9.17) is 0 Å². The first-order valence-corrected chi connectivity index (χ1v) is 8.84. The van der Waals surface area contributed by atoms with Gasteiger partial charge in [0.2, 0.25) is 5.91 Å². The van der Waals surface area contributed by atoms with E-state index in [-0.39, 0.29) is 17.9 Å². The second-order valence-corrected chi connectivity index (χ2v) is 6.57. The fourth-order valence-electron chi connectivity index (χ4n) is 3.40. The summed E-state index contributed by atoms with van der Waals surface area (Å²) in [6.45, 7) is 3.74. The zero-order valence-electron chi connectivity index (χ0n) is 14.9. The summed E-state index contributed by atoms with van der Waals surface area (Å²) in [4.78, 5) is 29.3. The van der Waals surface area contributed by atoms with Crippen LogP contribution in [0.3, 0.4) is 0 Å². The molecule has 0 radical (unpaired) electrons. The van der Waals surface area contributed by atoms with Crippen LogP contribution in [0.4, 0.5) is 0 Å². The van der Waals surface area contributed by atoms with Crippen molar-refractivity contribution in [2.24, 2.45) is 7.05 Å². The summed E-state index contributed by atoms with van der Waals surface area (Å²) in [6.07, 6.45) is 3.07. The highest BCUT2D eigenvalue weighted by Crippen LogP contribution is 2.19. The van der Waals surface area contributed by atoms with Crippen molar-refractivity contribution < 1.29 is 9.59 Å². The quantitative estimate of drug-likeness (QED) is 0.860. The van der Waals surface area contributed by atoms with Crippen LogP contribution >= 0.6 is 0 Å². The molecule has 5 nitrogen and oxygen atoms in total. The molecule has 1 saturated heterocycles. The van der Waals surface area contributed by atoms with E-state index < -0.39 is 0 Å². The van der Waals surface area contributed by atoms with Gasteiger partial charge in [0, 0.05) is 45.3 Å². The molecule has 1 aliphatic rings.